The average molecular weight is 333 g/mol. The number of hydrogen-bond acceptors (Lipinski definition) is 3. The normalized spacial score (nSPS) is 22.1. The number of aromatic nitrogens is 2. The molecule has 2 aliphatic rings. The number of rotatable bonds is 5. The standard InChI is InChI=1S/C18H31N5O/c1-3-7-16-12-17(21(2)20-16)19-18(24)23-11-8-15(14-23)13-22-9-5-4-6-10-22/h12,15H,3-11,13-14H2,1-2H3,(H,19,24)/t15-/m0/s1. The van der Waals surface area contributed by atoms with Crippen molar-refractivity contribution in [2.75, 3.05) is 38.0 Å². The lowest BCUT2D eigenvalue weighted by molar-refractivity contribution is 0.192. The molecule has 2 amide bonds. The van der Waals surface area contributed by atoms with Gasteiger partial charge in [0.15, 0.2) is 0 Å². The molecule has 2 fully saturated rings. The van der Waals surface area contributed by atoms with Crippen molar-refractivity contribution in [3.63, 3.8) is 0 Å². The highest BCUT2D eigenvalue weighted by Gasteiger charge is 2.28. The van der Waals surface area contributed by atoms with E-state index in [4.69, 9.17) is 0 Å². The average Bonchev–Trinajstić information content (AvgIpc) is 3.16. The Labute approximate surface area is 145 Å². The van der Waals surface area contributed by atoms with Crippen LogP contribution in [0, 0.1) is 5.92 Å². The van der Waals surface area contributed by atoms with Gasteiger partial charge in [0.25, 0.3) is 0 Å². The van der Waals surface area contributed by atoms with E-state index < -0.39 is 0 Å². The van der Waals surface area contributed by atoms with Crippen molar-refractivity contribution in [2.24, 2.45) is 13.0 Å². The van der Waals surface area contributed by atoms with E-state index in [1.165, 1.54) is 32.4 Å². The van der Waals surface area contributed by atoms with Crippen molar-refractivity contribution >= 4 is 11.8 Å². The Balaban J connectivity index is 1.49. The minimum absolute atomic E-state index is 0.0159. The lowest BCUT2D eigenvalue weighted by Crippen LogP contribution is -2.37. The Morgan fingerprint density at radius 2 is 2.08 bits per heavy atom. The highest BCUT2D eigenvalue weighted by atomic mass is 16.2. The van der Waals surface area contributed by atoms with Gasteiger partial charge in [-0.2, -0.15) is 5.10 Å². The molecule has 2 saturated heterocycles. The number of hydrogen-bond donors (Lipinski definition) is 1. The van der Waals surface area contributed by atoms with Gasteiger partial charge < -0.3 is 9.80 Å². The van der Waals surface area contributed by atoms with Crippen LogP contribution in [0.1, 0.15) is 44.7 Å². The number of carbonyl (C=O) groups excluding carboxylic acids is 1. The van der Waals surface area contributed by atoms with E-state index >= 15 is 0 Å². The molecule has 6 nitrogen and oxygen atoms in total. The Morgan fingerprint density at radius 1 is 1.29 bits per heavy atom. The Hall–Kier alpha value is -1.56. The lowest BCUT2D eigenvalue weighted by Gasteiger charge is -2.29. The number of urea groups is 1. The Kier molecular flexibility index (Phi) is 5.76. The molecular weight excluding hydrogens is 302 g/mol. The molecule has 0 unspecified atom stereocenters. The summed E-state index contributed by atoms with van der Waals surface area (Å²) in [6.07, 6.45) is 7.17. The maximum Gasteiger partial charge on any atom is 0.323 e. The predicted octanol–water partition coefficient (Wildman–Crippen LogP) is 2.71. The zero-order valence-corrected chi connectivity index (χ0v) is 15.1. The molecule has 24 heavy (non-hydrogen) atoms. The van der Waals surface area contributed by atoms with Crippen molar-refractivity contribution in [2.45, 2.75) is 45.4 Å². The quantitative estimate of drug-likeness (QED) is 0.901. The van der Waals surface area contributed by atoms with Crippen LogP contribution in [0.2, 0.25) is 0 Å². The van der Waals surface area contributed by atoms with Crippen LogP contribution < -0.4 is 5.32 Å². The molecule has 0 aromatic carbocycles. The largest absolute Gasteiger partial charge is 0.324 e. The number of nitrogens with one attached hydrogen (secondary N) is 1. The maximum absolute atomic E-state index is 12.5. The number of anilines is 1. The van der Waals surface area contributed by atoms with Crippen LogP contribution >= 0.6 is 0 Å². The van der Waals surface area contributed by atoms with Crippen molar-refractivity contribution in [1.82, 2.24) is 19.6 Å². The number of likely N-dealkylation sites (tertiary alicyclic amines) is 2. The number of carbonyl (C=O) groups is 1. The van der Waals surface area contributed by atoms with E-state index in [1.807, 2.05) is 18.0 Å². The highest BCUT2D eigenvalue weighted by Crippen LogP contribution is 2.21. The maximum atomic E-state index is 12.5. The molecule has 1 aromatic rings. The van der Waals surface area contributed by atoms with E-state index in [0.717, 1.165) is 50.4 Å². The van der Waals surface area contributed by atoms with E-state index in [1.54, 1.807) is 4.68 Å². The topological polar surface area (TPSA) is 53.4 Å². The zero-order valence-electron chi connectivity index (χ0n) is 15.1. The van der Waals surface area contributed by atoms with Gasteiger partial charge in [-0.1, -0.05) is 19.8 Å². The molecule has 0 saturated carbocycles. The van der Waals surface area contributed by atoms with Crippen molar-refractivity contribution in [3.05, 3.63) is 11.8 Å². The monoisotopic (exact) mass is 333 g/mol. The number of aryl methyl sites for hydroxylation is 2. The van der Waals surface area contributed by atoms with Gasteiger partial charge in [-0.3, -0.25) is 10.00 Å². The SMILES string of the molecule is CCCc1cc(NC(=O)N2CC[C@@H](CN3CCCCC3)C2)n(C)n1. The van der Waals surface area contributed by atoms with E-state index in [2.05, 4.69) is 22.2 Å². The fourth-order valence-corrected chi connectivity index (χ4v) is 3.88. The van der Waals surface area contributed by atoms with Gasteiger partial charge in [-0.05, 0) is 44.7 Å². The molecule has 2 aliphatic heterocycles. The summed E-state index contributed by atoms with van der Waals surface area (Å²) in [7, 11) is 1.89. The van der Waals surface area contributed by atoms with Gasteiger partial charge in [0.1, 0.15) is 5.82 Å². The first-order valence-corrected chi connectivity index (χ1v) is 9.47. The van der Waals surface area contributed by atoms with Crippen LogP contribution in [0.3, 0.4) is 0 Å². The summed E-state index contributed by atoms with van der Waals surface area (Å²) in [6.45, 7) is 7.50. The van der Waals surface area contributed by atoms with Gasteiger partial charge in [0, 0.05) is 32.7 Å². The van der Waals surface area contributed by atoms with Gasteiger partial charge in [0.2, 0.25) is 0 Å². The van der Waals surface area contributed by atoms with Crippen LogP contribution in [0.5, 0.6) is 0 Å². The molecular formula is C18H31N5O. The minimum Gasteiger partial charge on any atom is -0.324 e. The second-order valence-corrected chi connectivity index (χ2v) is 7.29. The zero-order chi connectivity index (χ0) is 16.9. The Bertz CT molecular complexity index is 550. The van der Waals surface area contributed by atoms with Crippen LogP contribution in [-0.4, -0.2) is 58.3 Å². The number of piperidine rings is 1. The minimum atomic E-state index is 0.0159. The van der Waals surface area contributed by atoms with E-state index in [0.29, 0.717) is 5.92 Å². The first-order valence-electron chi connectivity index (χ1n) is 9.47. The van der Waals surface area contributed by atoms with Crippen LogP contribution in [0.4, 0.5) is 10.6 Å². The molecule has 1 aromatic heterocycles. The van der Waals surface area contributed by atoms with E-state index in [9.17, 15) is 4.79 Å². The predicted molar refractivity (Wildman–Crippen MR) is 96.2 cm³/mol. The smallest absolute Gasteiger partial charge is 0.323 e. The molecule has 0 bridgehead atoms. The third-order valence-electron chi connectivity index (χ3n) is 5.21. The van der Waals surface area contributed by atoms with Gasteiger partial charge in [-0.25, -0.2) is 4.79 Å². The molecule has 0 aliphatic carbocycles. The van der Waals surface area contributed by atoms with Crippen LogP contribution in [-0.2, 0) is 13.5 Å². The summed E-state index contributed by atoms with van der Waals surface area (Å²) in [5.74, 6) is 1.42. The number of nitrogens with zero attached hydrogens (tertiary/aromatic N) is 4. The molecule has 0 spiro atoms. The molecule has 134 valence electrons. The molecule has 3 rings (SSSR count). The fourth-order valence-electron chi connectivity index (χ4n) is 3.88. The summed E-state index contributed by atoms with van der Waals surface area (Å²) in [5, 5.41) is 7.48. The molecule has 1 N–H and O–H groups in total. The Morgan fingerprint density at radius 3 is 2.83 bits per heavy atom. The van der Waals surface area contributed by atoms with Gasteiger partial charge >= 0.3 is 6.03 Å². The summed E-state index contributed by atoms with van der Waals surface area (Å²) >= 11 is 0. The first kappa shape index (κ1) is 17.3. The van der Waals surface area contributed by atoms with Gasteiger partial charge in [-0.15, -0.1) is 0 Å². The van der Waals surface area contributed by atoms with Crippen molar-refractivity contribution in [3.8, 4) is 0 Å². The molecule has 3 heterocycles. The van der Waals surface area contributed by atoms with Crippen LogP contribution in [0.25, 0.3) is 0 Å². The first-order chi connectivity index (χ1) is 11.7. The highest BCUT2D eigenvalue weighted by molar-refractivity contribution is 5.88. The summed E-state index contributed by atoms with van der Waals surface area (Å²) in [6, 6.07) is 2.00. The van der Waals surface area contributed by atoms with Gasteiger partial charge in [0.05, 0.1) is 5.69 Å². The van der Waals surface area contributed by atoms with Crippen molar-refractivity contribution in [1.29, 1.82) is 0 Å². The lowest BCUT2D eigenvalue weighted by atomic mass is 10.1. The second kappa shape index (κ2) is 8.01. The number of amides is 2. The third-order valence-corrected chi connectivity index (χ3v) is 5.21. The van der Waals surface area contributed by atoms with E-state index in [-0.39, 0.29) is 6.03 Å². The fraction of sp³-hybridized carbons (Fsp3) is 0.778. The molecule has 6 heteroatoms. The summed E-state index contributed by atoms with van der Waals surface area (Å²) in [4.78, 5) is 17.1. The summed E-state index contributed by atoms with van der Waals surface area (Å²) in [5.41, 5.74) is 1.04. The second-order valence-electron chi connectivity index (χ2n) is 7.29. The molecule has 0 radical (unpaired) electrons. The summed E-state index contributed by atoms with van der Waals surface area (Å²) < 4.78 is 1.77. The van der Waals surface area contributed by atoms with Crippen molar-refractivity contribution < 1.29 is 4.79 Å². The third kappa shape index (κ3) is 4.29. The molecule has 1 atom stereocenters. The van der Waals surface area contributed by atoms with Crippen LogP contribution in [0.15, 0.2) is 6.07 Å².